The van der Waals surface area contributed by atoms with Crippen LogP contribution in [0.3, 0.4) is 0 Å². The molecule has 0 saturated carbocycles. The van der Waals surface area contributed by atoms with Crippen molar-refractivity contribution in [2.75, 3.05) is 46.4 Å². The zero-order valence-electron chi connectivity index (χ0n) is 69.0. The fourth-order valence-electron chi connectivity index (χ4n) is 18.9. The maximum Gasteiger partial charge on any atom is 0.247 e. The number of fused-ring (bicyclic) bond motifs is 8. The van der Waals surface area contributed by atoms with Crippen LogP contribution in [0.15, 0.2) is 236 Å². The Labute approximate surface area is 702 Å². The summed E-state index contributed by atoms with van der Waals surface area (Å²) in [6, 6.07) is 62.2. The molecule has 24 nitrogen and oxygen atoms in total. The zero-order chi connectivity index (χ0) is 82.2. The summed E-state index contributed by atoms with van der Waals surface area (Å²) in [5, 5.41) is 46.2. The summed E-state index contributed by atoms with van der Waals surface area (Å²) in [5.74, 6) is 5.00. The molecule has 3 fully saturated rings. The van der Waals surface area contributed by atoms with Crippen molar-refractivity contribution in [3.8, 4) is 51.2 Å². The van der Waals surface area contributed by atoms with Gasteiger partial charge in [0.25, 0.3) is 0 Å². The molecule has 14 heterocycles. The Morgan fingerprint density at radius 1 is 0.467 bits per heavy atom. The van der Waals surface area contributed by atoms with E-state index in [1.54, 1.807) is 25.4 Å². The highest BCUT2D eigenvalue weighted by molar-refractivity contribution is 6.17. The van der Waals surface area contributed by atoms with E-state index in [-0.39, 0.29) is 23.6 Å². The predicted molar refractivity (Wildman–Crippen MR) is 471 cm³/mol. The minimum absolute atomic E-state index is 0.139. The van der Waals surface area contributed by atoms with E-state index in [2.05, 4.69) is 241 Å². The van der Waals surface area contributed by atoms with Crippen molar-refractivity contribution < 1.29 is 22.4 Å². The number of para-hydroxylation sites is 2. The number of hydrogen-bond donors (Lipinski definition) is 1. The van der Waals surface area contributed by atoms with Gasteiger partial charge in [0.15, 0.2) is 11.7 Å². The number of oxazole rings is 1. The molecule has 0 amide bonds. The molecule has 18 aromatic rings. The molecule has 3 saturated heterocycles. The van der Waals surface area contributed by atoms with Gasteiger partial charge in [0, 0.05) is 199 Å². The fraction of sp³-hybridized carbons (Fsp3) is 0.268. The van der Waals surface area contributed by atoms with E-state index in [4.69, 9.17) is 28.0 Å². The summed E-state index contributed by atoms with van der Waals surface area (Å²) in [6.07, 6.45) is 16.5. The number of piperidine rings is 3. The van der Waals surface area contributed by atoms with Gasteiger partial charge in [-0.25, -0.2) is 9.37 Å². The van der Waals surface area contributed by atoms with Crippen molar-refractivity contribution >= 4 is 76.8 Å². The molecule has 0 bridgehead atoms. The highest BCUT2D eigenvalue weighted by Crippen LogP contribution is 2.40. The van der Waals surface area contributed by atoms with E-state index in [1.165, 1.54) is 50.3 Å². The predicted octanol–water partition coefficient (Wildman–Crippen LogP) is 18.0. The first-order valence-electron chi connectivity index (χ1n) is 42.1. The SMILES string of the molecule is COc1cccc(F)c1CN1CCC[C@@H](c2ncc(-c3ccc4[nH]nc(-c5ccc6nn(C)cc6c5)c4c3)o2)C1.Cn1cc2cc(C3=NCc4ccc(-c5nnc([C@@H]6CCCN(Cc7cc8ccccc8n7C)C6)o5)cc43)ccc2n1.Cn1cc2cc(C3=NCc4ccc(-c5nnc([C@@H]6CCCN(Cc7cn(C)c8ccccc78)C6)o5)cc43)ccc2n1. The smallest absolute Gasteiger partial charge is 0.247 e. The van der Waals surface area contributed by atoms with Gasteiger partial charge in [-0.2, -0.15) is 20.4 Å². The van der Waals surface area contributed by atoms with Crippen molar-refractivity contribution in [3.05, 3.63) is 287 Å². The largest absolute Gasteiger partial charge is 0.496 e. The number of aryl methyl sites for hydroxylation is 5. The lowest BCUT2D eigenvalue weighted by molar-refractivity contribution is 0.182. The highest BCUT2D eigenvalue weighted by Gasteiger charge is 2.32. The van der Waals surface area contributed by atoms with Gasteiger partial charge in [-0.05, 0) is 189 Å². The van der Waals surface area contributed by atoms with Gasteiger partial charge in [0.05, 0.1) is 77.4 Å². The molecule has 0 spiro atoms. The van der Waals surface area contributed by atoms with Crippen molar-refractivity contribution in [2.45, 2.75) is 89.0 Å². The molecule has 23 rings (SSSR count). The second-order valence-corrected chi connectivity index (χ2v) is 33.3. The topological polar surface area (TPSA) is 240 Å². The monoisotopic (exact) mass is 1620 g/mol. The first-order valence-corrected chi connectivity index (χ1v) is 42.1. The van der Waals surface area contributed by atoms with Gasteiger partial charge in [-0.15, -0.1) is 20.4 Å². The van der Waals surface area contributed by atoms with Crippen LogP contribution in [0.1, 0.15) is 124 Å². The third-order valence-electron chi connectivity index (χ3n) is 25.0. The van der Waals surface area contributed by atoms with Gasteiger partial charge in [0.2, 0.25) is 23.6 Å². The van der Waals surface area contributed by atoms with E-state index in [1.807, 2.05) is 72.0 Å². The van der Waals surface area contributed by atoms with Gasteiger partial charge in [0.1, 0.15) is 11.6 Å². The van der Waals surface area contributed by atoms with Crippen LogP contribution in [0.4, 0.5) is 4.39 Å². The first-order chi connectivity index (χ1) is 59.7. The lowest BCUT2D eigenvalue weighted by Crippen LogP contribution is -2.34. The average molecular weight is 1620 g/mol. The molecule has 0 aliphatic carbocycles. The summed E-state index contributed by atoms with van der Waals surface area (Å²) in [5.41, 5.74) is 23.3. The van der Waals surface area contributed by atoms with Crippen LogP contribution in [0.2, 0.25) is 0 Å². The lowest BCUT2D eigenvalue weighted by Gasteiger charge is -2.31. The number of halogens is 1. The molecule has 9 aromatic heterocycles. The highest BCUT2D eigenvalue weighted by atomic mass is 19.1. The Morgan fingerprint density at radius 3 is 1.61 bits per heavy atom. The number of aromatic amines is 1. The molecule has 5 aliphatic rings. The van der Waals surface area contributed by atoms with Crippen LogP contribution >= 0.6 is 0 Å². The summed E-state index contributed by atoms with van der Waals surface area (Å²) >= 11 is 0. The van der Waals surface area contributed by atoms with Gasteiger partial charge < -0.3 is 27.1 Å². The molecule has 610 valence electrons. The van der Waals surface area contributed by atoms with Crippen molar-refractivity contribution in [2.24, 2.45) is 45.2 Å². The Balaban J connectivity index is 0.000000113. The second-order valence-electron chi connectivity index (χ2n) is 33.3. The maximum absolute atomic E-state index is 14.5. The summed E-state index contributed by atoms with van der Waals surface area (Å²) in [4.78, 5) is 21.7. The minimum Gasteiger partial charge on any atom is -0.496 e. The van der Waals surface area contributed by atoms with E-state index in [9.17, 15) is 4.39 Å². The number of rotatable bonds is 16. The number of benzene rings is 9. The van der Waals surface area contributed by atoms with Crippen LogP contribution < -0.4 is 4.74 Å². The Hall–Kier alpha value is -13.6. The molecule has 3 atom stereocenters. The molecule has 9 aromatic carbocycles. The van der Waals surface area contributed by atoms with Crippen molar-refractivity contribution in [1.82, 2.24) is 88.8 Å². The number of methoxy groups -OCH3 is 1. The normalized spacial score (nSPS) is 17.0. The number of nitrogens with zero attached hydrogens (tertiary/aromatic N) is 19. The van der Waals surface area contributed by atoms with Crippen LogP contribution in [0, 0.1) is 5.82 Å². The number of nitrogens with one attached hydrogen (secondary N) is 1. The summed E-state index contributed by atoms with van der Waals surface area (Å²) in [7, 11) is 11.7. The number of ether oxygens (including phenoxy) is 1. The van der Waals surface area contributed by atoms with Crippen molar-refractivity contribution in [3.63, 3.8) is 0 Å². The first kappa shape index (κ1) is 75.8. The van der Waals surface area contributed by atoms with Crippen molar-refractivity contribution in [1.29, 1.82) is 0 Å². The van der Waals surface area contributed by atoms with Crippen LogP contribution in [-0.2, 0) is 68.0 Å². The third-order valence-corrected chi connectivity index (χ3v) is 25.0. The number of hydrogen-bond acceptors (Lipinski definition) is 18. The number of H-pyrrole nitrogens is 1. The molecule has 1 N–H and O–H groups in total. The number of aromatic nitrogens is 15. The van der Waals surface area contributed by atoms with Gasteiger partial charge >= 0.3 is 0 Å². The third kappa shape index (κ3) is 14.8. The second kappa shape index (κ2) is 31.8. The fourth-order valence-corrected chi connectivity index (χ4v) is 18.9. The molecular weight excluding hydrogens is 1530 g/mol. The van der Waals surface area contributed by atoms with E-state index in [0.717, 1.165) is 220 Å². The Bertz CT molecular complexity index is 7070. The molecule has 122 heavy (non-hydrogen) atoms. The van der Waals surface area contributed by atoms with Gasteiger partial charge in [-0.1, -0.05) is 72.8 Å². The van der Waals surface area contributed by atoms with Crippen LogP contribution in [0.25, 0.3) is 111 Å². The molecule has 25 heteroatoms. The summed E-state index contributed by atoms with van der Waals surface area (Å²) in [6.45, 7) is 9.34. The number of aliphatic imine (C=N–C) groups is 2. The van der Waals surface area contributed by atoms with Gasteiger partial charge in [-0.3, -0.25) is 43.8 Å². The number of likely N-dealkylation sites (tertiary alicyclic amines) is 3. The lowest BCUT2D eigenvalue weighted by atomic mass is 9.97. The van der Waals surface area contributed by atoms with Crippen LogP contribution in [0.5, 0.6) is 5.75 Å². The molecule has 0 unspecified atom stereocenters. The quantitative estimate of drug-likeness (QED) is 0.0946. The minimum atomic E-state index is -0.241. The van der Waals surface area contributed by atoms with E-state index < -0.39 is 0 Å². The van der Waals surface area contributed by atoms with Crippen LogP contribution in [-0.4, -0.2) is 147 Å². The zero-order valence-corrected chi connectivity index (χ0v) is 69.0. The average Bonchev–Trinajstić information content (AvgIpc) is 1.70. The van der Waals surface area contributed by atoms with E-state index in [0.29, 0.717) is 42.7 Å². The Kier molecular flexibility index (Phi) is 19.8. The Morgan fingerprint density at radius 2 is 1.01 bits per heavy atom. The van der Waals surface area contributed by atoms with E-state index >= 15 is 0 Å². The maximum atomic E-state index is 14.5. The molecule has 5 aliphatic heterocycles. The molecule has 0 radical (unpaired) electrons. The molecular formula is C97H91FN20O4. The standard InChI is InChI=1S/2C33H31N7O.C31H29FN6O2/c1-38-17-26(27-7-3-4-8-30(27)38)20-40-13-5-6-24(19-40)33-36-35-32(41-33)22-9-10-23-16-34-31(28(23)15-22)21-11-12-29-25(14-21)18-39(2)37-29;1-38-18-26-14-22(11-12-29(26)37-38)31-28-16-23(9-10-24(28)17-34-31)32-35-36-33(41-32)25-7-5-13-40(19-25)20-27-15-21-6-3-4-8-30(21)39(27)2;1-37-16-22-13-20(9-10-26(22)36-37)30-23-14-19(8-11-27(23)34-35-30)29-15-33-31(40-29)21-5-4-12-38(17-21)18-24-25(32)6-3-7-28(24)39-2/h3-4,7-12,14-15,17-18,24H,5-6,13,16,19-20H2,1-2H3;3-4,6,8-12,14-16,18,25H,5,7,13,17,19-20H2,1-2H3;3,6-11,13-16,21H,4-5,12,17-18H2,1-2H3,(H,34,35)/t24-;25-;21-/m111/s1. The summed E-state index contributed by atoms with van der Waals surface area (Å²) < 4.78 is 49.0.